The average molecular weight is 538 g/mol. The minimum Gasteiger partial charge on any atom is -0.495 e. The first-order valence-corrected chi connectivity index (χ1v) is 13.8. The zero-order valence-electron chi connectivity index (χ0n) is 23.0. The molecule has 0 unspecified atom stereocenters. The summed E-state index contributed by atoms with van der Waals surface area (Å²) in [6, 6.07) is 3.06. The lowest BCUT2D eigenvalue weighted by molar-refractivity contribution is 0.00647. The molecule has 1 N–H and O–H groups in total. The summed E-state index contributed by atoms with van der Waals surface area (Å²) < 4.78 is 27.8. The van der Waals surface area contributed by atoms with Crippen molar-refractivity contribution in [3.8, 4) is 17.1 Å². The summed E-state index contributed by atoms with van der Waals surface area (Å²) in [5.74, 6) is 1.42. The van der Waals surface area contributed by atoms with Crippen molar-refractivity contribution in [3.63, 3.8) is 0 Å². The van der Waals surface area contributed by atoms with Gasteiger partial charge in [0, 0.05) is 31.3 Å². The molecule has 11 heteroatoms. The van der Waals surface area contributed by atoms with Gasteiger partial charge in [0.05, 0.1) is 25.0 Å². The predicted octanol–water partition coefficient (Wildman–Crippen LogP) is 5.00. The minimum absolute atomic E-state index is 0.160. The second-order valence-electron chi connectivity index (χ2n) is 12.2. The number of hydrogen-bond acceptors (Lipinski definition) is 8. The van der Waals surface area contributed by atoms with Gasteiger partial charge in [-0.3, -0.25) is 0 Å². The highest BCUT2D eigenvalue weighted by Gasteiger charge is 2.49. The molecule has 3 aromatic rings. The number of likely N-dealkylation sites (tertiary alicyclic amines) is 1. The molecule has 1 aliphatic heterocycles. The molecule has 3 fully saturated rings. The Hall–Kier alpha value is -3.50. The molecule has 6 rings (SSSR count). The Kier molecular flexibility index (Phi) is 6.34. The molecule has 0 bridgehead atoms. The van der Waals surface area contributed by atoms with Crippen LogP contribution in [0.5, 0.6) is 5.75 Å². The van der Waals surface area contributed by atoms with Gasteiger partial charge in [-0.2, -0.15) is 5.10 Å². The molecule has 0 radical (unpaired) electrons. The van der Waals surface area contributed by atoms with Crippen LogP contribution in [0, 0.1) is 5.41 Å². The number of hydrogen-bond donors (Lipinski definition) is 1. The monoisotopic (exact) mass is 537 g/mol. The Labute approximate surface area is 227 Å². The summed E-state index contributed by atoms with van der Waals surface area (Å²) in [5.41, 5.74) is 2.85. The van der Waals surface area contributed by atoms with Crippen molar-refractivity contribution in [3.05, 3.63) is 30.2 Å². The van der Waals surface area contributed by atoms with Crippen LogP contribution in [0.2, 0.25) is 0 Å². The molecule has 1 saturated heterocycles. The maximum Gasteiger partial charge on any atom is 0.410 e. The Bertz CT molecular complexity index is 1380. The van der Waals surface area contributed by atoms with E-state index in [-0.39, 0.29) is 18.9 Å². The lowest BCUT2D eigenvalue weighted by Gasteiger charge is -2.54. The zero-order valence-corrected chi connectivity index (χ0v) is 23.0. The van der Waals surface area contributed by atoms with Crippen molar-refractivity contribution in [1.82, 2.24) is 29.5 Å². The number of methoxy groups -OCH3 is 1. The number of nitrogens with one attached hydrogen (secondary N) is 1. The van der Waals surface area contributed by atoms with Crippen LogP contribution >= 0.6 is 0 Å². The Balaban J connectivity index is 1.22. The molecule has 3 aliphatic rings. The van der Waals surface area contributed by atoms with E-state index in [1.54, 1.807) is 30.1 Å². The third-order valence-electron chi connectivity index (χ3n) is 8.28. The van der Waals surface area contributed by atoms with Gasteiger partial charge in [-0.15, -0.1) is 0 Å². The maximum atomic E-state index is 14.9. The normalized spacial score (nSPS) is 22.8. The SMILES string of the molecule is COc1cc2ncc(-c3ccnc(N[C@H]4CN(C(=O)OC(C)(C)C)CC[C@@H]4F)n3)n2nc1C1CC2(CCC2)C1. The first-order valence-electron chi connectivity index (χ1n) is 13.8. The van der Waals surface area contributed by atoms with Crippen molar-refractivity contribution >= 4 is 17.7 Å². The van der Waals surface area contributed by atoms with Crippen LogP contribution in [0.1, 0.15) is 70.9 Å². The summed E-state index contributed by atoms with van der Waals surface area (Å²) in [6.07, 6.45) is 8.24. The number of ether oxygens (including phenoxy) is 2. The van der Waals surface area contributed by atoms with Gasteiger partial charge in [0.1, 0.15) is 28.9 Å². The number of carbonyl (C=O) groups excluding carboxylic acids is 1. The second-order valence-corrected chi connectivity index (χ2v) is 12.2. The van der Waals surface area contributed by atoms with E-state index in [1.165, 1.54) is 24.2 Å². The van der Waals surface area contributed by atoms with E-state index in [2.05, 4.69) is 20.3 Å². The fraction of sp³-hybridized carbons (Fsp3) is 0.607. The molecule has 3 aromatic heterocycles. The number of imidazole rings is 1. The summed E-state index contributed by atoms with van der Waals surface area (Å²) in [6.45, 7) is 5.90. The Morgan fingerprint density at radius 2 is 2.03 bits per heavy atom. The van der Waals surface area contributed by atoms with E-state index in [4.69, 9.17) is 14.6 Å². The van der Waals surface area contributed by atoms with Crippen LogP contribution < -0.4 is 10.1 Å². The average Bonchev–Trinajstić information content (AvgIpc) is 3.25. The van der Waals surface area contributed by atoms with Gasteiger partial charge in [-0.1, -0.05) is 6.42 Å². The van der Waals surface area contributed by atoms with Crippen LogP contribution in [-0.2, 0) is 4.74 Å². The smallest absolute Gasteiger partial charge is 0.410 e. The highest BCUT2D eigenvalue weighted by molar-refractivity contribution is 5.68. The van der Waals surface area contributed by atoms with Crippen LogP contribution in [0.15, 0.2) is 24.5 Å². The van der Waals surface area contributed by atoms with Crippen molar-refractivity contribution in [1.29, 1.82) is 0 Å². The summed E-state index contributed by atoms with van der Waals surface area (Å²) in [7, 11) is 1.67. The number of carbonyl (C=O) groups is 1. The van der Waals surface area contributed by atoms with E-state index in [0.717, 1.165) is 24.3 Å². The van der Waals surface area contributed by atoms with E-state index in [9.17, 15) is 9.18 Å². The van der Waals surface area contributed by atoms with E-state index in [0.29, 0.717) is 34.9 Å². The number of anilines is 1. The molecule has 0 aromatic carbocycles. The zero-order chi connectivity index (χ0) is 27.4. The first-order chi connectivity index (χ1) is 18.6. The van der Waals surface area contributed by atoms with Crippen LogP contribution in [0.3, 0.4) is 0 Å². The number of rotatable bonds is 5. The number of piperidine rings is 1. The molecule has 2 atom stereocenters. The number of alkyl halides is 1. The van der Waals surface area contributed by atoms with E-state index < -0.39 is 23.9 Å². The molecule has 1 spiro atoms. The third kappa shape index (κ3) is 4.98. The van der Waals surface area contributed by atoms with Crippen LogP contribution in [0.4, 0.5) is 15.1 Å². The molecule has 4 heterocycles. The molecule has 2 saturated carbocycles. The molecule has 39 heavy (non-hydrogen) atoms. The molecular weight excluding hydrogens is 501 g/mol. The maximum absolute atomic E-state index is 14.9. The highest BCUT2D eigenvalue weighted by Crippen LogP contribution is 2.62. The number of halogens is 1. The molecule has 1 amide bonds. The highest BCUT2D eigenvalue weighted by atomic mass is 19.1. The lowest BCUT2D eigenvalue weighted by atomic mass is 9.51. The largest absolute Gasteiger partial charge is 0.495 e. The molecule has 2 aliphatic carbocycles. The summed E-state index contributed by atoms with van der Waals surface area (Å²) >= 11 is 0. The van der Waals surface area contributed by atoms with E-state index in [1.807, 2.05) is 26.8 Å². The van der Waals surface area contributed by atoms with Crippen molar-refractivity contribution in [2.75, 3.05) is 25.5 Å². The minimum atomic E-state index is -1.15. The fourth-order valence-corrected chi connectivity index (χ4v) is 6.09. The second kappa shape index (κ2) is 9.60. The third-order valence-corrected chi connectivity index (χ3v) is 8.28. The Morgan fingerprint density at radius 1 is 1.23 bits per heavy atom. The quantitative estimate of drug-likeness (QED) is 0.485. The number of nitrogens with zero attached hydrogens (tertiary/aromatic N) is 6. The lowest BCUT2D eigenvalue weighted by Crippen LogP contribution is -2.52. The fourth-order valence-electron chi connectivity index (χ4n) is 6.09. The van der Waals surface area contributed by atoms with Crippen molar-refractivity contribution < 1.29 is 18.7 Å². The van der Waals surface area contributed by atoms with Crippen molar-refractivity contribution in [2.45, 2.75) is 83.0 Å². The van der Waals surface area contributed by atoms with Gasteiger partial charge in [0.15, 0.2) is 5.65 Å². The number of amides is 1. The number of aromatic nitrogens is 5. The van der Waals surface area contributed by atoms with Crippen LogP contribution in [-0.4, -0.2) is 73.6 Å². The Morgan fingerprint density at radius 3 is 2.72 bits per heavy atom. The van der Waals surface area contributed by atoms with E-state index >= 15 is 0 Å². The van der Waals surface area contributed by atoms with Gasteiger partial charge in [0.25, 0.3) is 0 Å². The van der Waals surface area contributed by atoms with Gasteiger partial charge in [-0.25, -0.2) is 28.7 Å². The van der Waals surface area contributed by atoms with Gasteiger partial charge in [0.2, 0.25) is 5.95 Å². The summed E-state index contributed by atoms with van der Waals surface area (Å²) in [5, 5.41) is 8.07. The standard InChI is InChI=1S/C28H36FN7O3/c1-27(2,3)39-26(37)35-11-7-18(29)20(16-35)33-25-30-10-6-19(32-25)21-15-31-23-12-22(38-4)24(34-36(21)23)17-13-28(14-17)8-5-9-28/h6,10,12,15,17-18,20H,5,7-9,11,13-14,16H2,1-4H3,(H,30,32,33)/t18-,20-/m0/s1. The first kappa shape index (κ1) is 25.8. The van der Waals surface area contributed by atoms with Crippen LogP contribution in [0.25, 0.3) is 17.0 Å². The van der Waals surface area contributed by atoms with Gasteiger partial charge in [-0.05, 0) is 64.4 Å². The molecule has 10 nitrogen and oxygen atoms in total. The predicted molar refractivity (Wildman–Crippen MR) is 144 cm³/mol. The summed E-state index contributed by atoms with van der Waals surface area (Å²) in [4.78, 5) is 27.6. The van der Waals surface area contributed by atoms with Crippen molar-refractivity contribution in [2.24, 2.45) is 5.41 Å². The number of fused-ring (bicyclic) bond motifs is 1. The van der Waals surface area contributed by atoms with Gasteiger partial charge >= 0.3 is 6.09 Å². The topological polar surface area (TPSA) is 107 Å². The molecular formula is C28H36FN7O3. The van der Waals surface area contributed by atoms with Gasteiger partial charge < -0.3 is 19.7 Å². The molecule has 208 valence electrons.